The van der Waals surface area contributed by atoms with Gasteiger partial charge in [0.1, 0.15) is 0 Å². The fourth-order valence-electron chi connectivity index (χ4n) is 1.72. The van der Waals surface area contributed by atoms with Gasteiger partial charge >= 0.3 is 0 Å². The lowest BCUT2D eigenvalue weighted by molar-refractivity contribution is -0.122. The van der Waals surface area contributed by atoms with Crippen molar-refractivity contribution in [2.24, 2.45) is 0 Å². The summed E-state index contributed by atoms with van der Waals surface area (Å²) in [5, 5.41) is 8.74. The van der Waals surface area contributed by atoms with E-state index in [9.17, 15) is 4.79 Å². The summed E-state index contributed by atoms with van der Waals surface area (Å²) in [5.74, 6) is 1.09. The summed E-state index contributed by atoms with van der Waals surface area (Å²) < 4.78 is 5.19. The van der Waals surface area contributed by atoms with Gasteiger partial charge in [-0.15, -0.1) is 11.3 Å². The van der Waals surface area contributed by atoms with E-state index in [2.05, 4.69) is 15.5 Å². The van der Waals surface area contributed by atoms with Crippen molar-refractivity contribution < 1.29 is 9.32 Å². The van der Waals surface area contributed by atoms with Crippen LogP contribution in [0, 0.1) is 0 Å². The minimum Gasteiger partial charge on any atom is -0.353 e. The van der Waals surface area contributed by atoms with Crippen LogP contribution in [0.5, 0.6) is 0 Å². The number of hydrogen-bond donors (Lipinski definition) is 1. The molecule has 0 spiro atoms. The Morgan fingerprint density at radius 3 is 3.00 bits per heavy atom. The van der Waals surface area contributed by atoms with E-state index in [-0.39, 0.29) is 11.9 Å². The predicted molar refractivity (Wildman–Crippen MR) is 77.2 cm³/mol. The van der Waals surface area contributed by atoms with Gasteiger partial charge in [0.25, 0.3) is 0 Å². The molecule has 0 saturated heterocycles. The van der Waals surface area contributed by atoms with E-state index in [1.165, 1.54) is 0 Å². The van der Waals surface area contributed by atoms with Crippen molar-refractivity contribution in [3.63, 3.8) is 0 Å². The third kappa shape index (κ3) is 4.14. The average Bonchev–Trinajstić information content (AvgIpc) is 2.96. The highest BCUT2D eigenvalue weighted by Crippen LogP contribution is 2.21. The van der Waals surface area contributed by atoms with Gasteiger partial charge in [-0.1, -0.05) is 11.2 Å². The SMILES string of the molecule is CC(C)NC(=O)CN(C)Cc1nc(-c2cccs2)no1. The molecule has 20 heavy (non-hydrogen) atoms. The van der Waals surface area contributed by atoms with Crippen LogP contribution in [0.3, 0.4) is 0 Å². The Labute approximate surface area is 121 Å². The number of aromatic nitrogens is 2. The fraction of sp³-hybridized carbons (Fsp3) is 0.462. The fourth-order valence-corrected chi connectivity index (χ4v) is 2.37. The Hall–Kier alpha value is -1.73. The topological polar surface area (TPSA) is 71.3 Å². The van der Waals surface area contributed by atoms with E-state index in [0.29, 0.717) is 24.8 Å². The largest absolute Gasteiger partial charge is 0.353 e. The summed E-state index contributed by atoms with van der Waals surface area (Å²) >= 11 is 1.56. The zero-order valence-electron chi connectivity index (χ0n) is 11.8. The van der Waals surface area contributed by atoms with Crippen LogP contribution in [-0.4, -0.2) is 40.6 Å². The Kier molecular flexibility index (Phi) is 4.86. The molecule has 0 bridgehead atoms. The Bertz CT molecular complexity index is 550. The number of nitrogens with one attached hydrogen (secondary N) is 1. The third-order valence-corrected chi connectivity index (χ3v) is 3.34. The highest BCUT2D eigenvalue weighted by Gasteiger charge is 2.13. The highest BCUT2D eigenvalue weighted by molar-refractivity contribution is 7.13. The van der Waals surface area contributed by atoms with Gasteiger partial charge in [-0.25, -0.2) is 0 Å². The Balaban J connectivity index is 1.89. The molecule has 1 N–H and O–H groups in total. The smallest absolute Gasteiger partial charge is 0.241 e. The summed E-state index contributed by atoms with van der Waals surface area (Å²) in [6.45, 7) is 4.62. The Morgan fingerprint density at radius 2 is 2.35 bits per heavy atom. The summed E-state index contributed by atoms with van der Waals surface area (Å²) in [6, 6.07) is 4.03. The molecule has 0 fully saturated rings. The number of carbonyl (C=O) groups excluding carboxylic acids is 1. The predicted octanol–water partition coefficient (Wildman–Crippen LogP) is 1.75. The van der Waals surface area contributed by atoms with Crippen LogP contribution >= 0.6 is 11.3 Å². The number of likely N-dealkylation sites (N-methyl/N-ethyl adjacent to an activating group) is 1. The summed E-state index contributed by atoms with van der Waals surface area (Å²) in [7, 11) is 1.84. The van der Waals surface area contributed by atoms with Gasteiger partial charge in [0.05, 0.1) is 18.0 Å². The molecule has 0 aliphatic heterocycles. The van der Waals surface area contributed by atoms with Gasteiger partial charge in [-0.3, -0.25) is 9.69 Å². The van der Waals surface area contributed by atoms with Crippen molar-refractivity contribution >= 4 is 17.2 Å². The van der Waals surface area contributed by atoms with E-state index in [1.54, 1.807) is 11.3 Å². The zero-order valence-corrected chi connectivity index (χ0v) is 12.6. The molecule has 2 aromatic rings. The second-order valence-electron chi connectivity index (χ2n) is 4.88. The summed E-state index contributed by atoms with van der Waals surface area (Å²) in [6.07, 6.45) is 0. The molecule has 7 heteroatoms. The van der Waals surface area contributed by atoms with Gasteiger partial charge in [-0.05, 0) is 32.3 Å². The number of nitrogens with zero attached hydrogens (tertiary/aromatic N) is 3. The first-order valence-corrected chi connectivity index (χ1v) is 7.27. The van der Waals surface area contributed by atoms with Gasteiger partial charge in [0.15, 0.2) is 0 Å². The van der Waals surface area contributed by atoms with Crippen molar-refractivity contribution in [2.75, 3.05) is 13.6 Å². The number of amides is 1. The van der Waals surface area contributed by atoms with Gasteiger partial charge in [-0.2, -0.15) is 4.98 Å². The van der Waals surface area contributed by atoms with Gasteiger partial charge < -0.3 is 9.84 Å². The first-order valence-electron chi connectivity index (χ1n) is 6.39. The molecular formula is C13H18N4O2S. The molecule has 0 unspecified atom stereocenters. The number of rotatable bonds is 6. The maximum Gasteiger partial charge on any atom is 0.241 e. The molecule has 0 aliphatic carbocycles. The molecule has 6 nitrogen and oxygen atoms in total. The monoisotopic (exact) mass is 294 g/mol. The van der Waals surface area contributed by atoms with E-state index in [0.717, 1.165) is 4.88 Å². The second-order valence-corrected chi connectivity index (χ2v) is 5.83. The molecule has 108 valence electrons. The minimum atomic E-state index is -0.0134. The second kappa shape index (κ2) is 6.62. The van der Waals surface area contributed by atoms with Crippen molar-refractivity contribution in [2.45, 2.75) is 26.4 Å². The Morgan fingerprint density at radius 1 is 1.55 bits per heavy atom. The standard InChI is InChI=1S/C13H18N4O2S/c1-9(2)14-11(18)7-17(3)8-12-15-13(16-19-12)10-5-4-6-20-10/h4-6,9H,7-8H2,1-3H3,(H,14,18). The van der Waals surface area contributed by atoms with Crippen molar-refractivity contribution in [3.05, 3.63) is 23.4 Å². The van der Waals surface area contributed by atoms with Crippen molar-refractivity contribution in [1.82, 2.24) is 20.4 Å². The quantitative estimate of drug-likeness (QED) is 0.879. The molecule has 0 saturated carbocycles. The minimum absolute atomic E-state index is 0.0134. The lowest BCUT2D eigenvalue weighted by Gasteiger charge is -2.15. The van der Waals surface area contributed by atoms with Crippen molar-refractivity contribution in [3.8, 4) is 10.7 Å². The maximum absolute atomic E-state index is 11.6. The highest BCUT2D eigenvalue weighted by atomic mass is 32.1. The first kappa shape index (κ1) is 14.7. The number of thiophene rings is 1. The van der Waals surface area contributed by atoms with Crippen LogP contribution in [0.1, 0.15) is 19.7 Å². The van der Waals surface area contributed by atoms with Crippen molar-refractivity contribution in [1.29, 1.82) is 0 Å². The third-order valence-electron chi connectivity index (χ3n) is 2.48. The lowest BCUT2D eigenvalue weighted by Crippen LogP contribution is -2.38. The van der Waals surface area contributed by atoms with E-state index in [1.807, 2.05) is 43.3 Å². The zero-order chi connectivity index (χ0) is 14.5. The maximum atomic E-state index is 11.6. The van der Waals surface area contributed by atoms with Crippen LogP contribution in [0.4, 0.5) is 0 Å². The summed E-state index contributed by atoms with van der Waals surface area (Å²) in [5.41, 5.74) is 0. The summed E-state index contributed by atoms with van der Waals surface area (Å²) in [4.78, 5) is 18.8. The van der Waals surface area contributed by atoms with Crippen LogP contribution in [0.2, 0.25) is 0 Å². The van der Waals surface area contributed by atoms with Crippen LogP contribution in [0.25, 0.3) is 10.7 Å². The van der Waals surface area contributed by atoms with E-state index >= 15 is 0 Å². The molecular weight excluding hydrogens is 276 g/mol. The molecule has 2 rings (SSSR count). The van der Waals surface area contributed by atoms with Gasteiger partial charge in [0.2, 0.25) is 17.6 Å². The normalized spacial score (nSPS) is 11.2. The van der Waals surface area contributed by atoms with Crippen LogP contribution < -0.4 is 5.32 Å². The molecule has 1 amide bonds. The van der Waals surface area contributed by atoms with Crippen LogP contribution in [0.15, 0.2) is 22.0 Å². The van der Waals surface area contributed by atoms with Crippen LogP contribution in [-0.2, 0) is 11.3 Å². The molecule has 0 radical (unpaired) electrons. The molecule has 2 heterocycles. The number of hydrogen-bond acceptors (Lipinski definition) is 6. The van der Waals surface area contributed by atoms with Gasteiger partial charge in [0, 0.05) is 6.04 Å². The molecule has 2 aromatic heterocycles. The molecule has 0 aromatic carbocycles. The first-order chi connectivity index (χ1) is 9.54. The van der Waals surface area contributed by atoms with E-state index < -0.39 is 0 Å². The molecule has 0 aliphatic rings. The molecule has 0 atom stereocenters. The lowest BCUT2D eigenvalue weighted by atomic mass is 10.4. The average molecular weight is 294 g/mol. The van der Waals surface area contributed by atoms with E-state index in [4.69, 9.17) is 4.52 Å². The number of carbonyl (C=O) groups is 1.